The van der Waals surface area contributed by atoms with Crippen molar-refractivity contribution in [2.75, 3.05) is 6.54 Å². The van der Waals surface area contributed by atoms with E-state index in [2.05, 4.69) is 18.6 Å². The van der Waals surface area contributed by atoms with Crippen molar-refractivity contribution >= 4 is 10.0 Å². The van der Waals surface area contributed by atoms with E-state index in [1.807, 2.05) is 12.1 Å². The fourth-order valence-electron chi connectivity index (χ4n) is 6.05. The summed E-state index contributed by atoms with van der Waals surface area (Å²) in [7, 11) is -3.40. The fourth-order valence-corrected chi connectivity index (χ4v) is 7.21. The van der Waals surface area contributed by atoms with Gasteiger partial charge in [-0.3, -0.25) is 0 Å². The molecule has 4 heteroatoms. The highest BCUT2D eigenvalue weighted by atomic mass is 32.2. The Morgan fingerprint density at radius 3 is 2.04 bits per heavy atom. The van der Waals surface area contributed by atoms with Gasteiger partial charge in [0.15, 0.2) is 0 Å². The second-order valence-electron chi connectivity index (χ2n) is 9.12. The molecule has 5 rings (SSSR count). The smallest absolute Gasteiger partial charge is 0.211 e. The molecule has 0 aliphatic heterocycles. The molecule has 1 N–H and O–H groups in total. The third-order valence-corrected chi connectivity index (χ3v) is 8.59. The van der Waals surface area contributed by atoms with Crippen molar-refractivity contribution in [3.63, 3.8) is 0 Å². The van der Waals surface area contributed by atoms with Crippen LogP contribution in [-0.2, 0) is 10.0 Å². The number of hydrogen-bond donors (Lipinski definition) is 1. The second kappa shape index (κ2) is 6.38. The van der Waals surface area contributed by atoms with Gasteiger partial charge in [0, 0.05) is 6.54 Å². The Balaban J connectivity index is 1.45. The Bertz CT molecular complexity index is 687. The average Bonchev–Trinajstić information content (AvgIpc) is 2.58. The Morgan fingerprint density at radius 2 is 1.56 bits per heavy atom. The molecule has 1 atom stereocenters. The van der Waals surface area contributed by atoms with Crippen LogP contribution in [0, 0.1) is 23.2 Å². The maximum atomic E-state index is 12.8. The highest BCUT2D eigenvalue weighted by molar-refractivity contribution is 7.89. The molecule has 4 fully saturated rings. The Labute approximate surface area is 152 Å². The van der Waals surface area contributed by atoms with Gasteiger partial charge in [0.25, 0.3) is 0 Å². The van der Waals surface area contributed by atoms with Crippen LogP contribution < -0.4 is 4.72 Å². The molecule has 0 saturated heterocycles. The topological polar surface area (TPSA) is 46.2 Å². The Morgan fingerprint density at radius 1 is 1.04 bits per heavy atom. The number of hydrogen-bond acceptors (Lipinski definition) is 2. The van der Waals surface area contributed by atoms with Crippen LogP contribution in [-0.4, -0.2) is 15.0 Å². The zero-order valence-corrected chi connectivity index (χ0v) is 16.3. The van der Waals surface area contributed by atoms with E-state index in [0.717, 1.165) is 24.2 Å². The molecule has 0 aromatic heterocycles. The molecule has 4 saturated carbocycles. The van der Waals surface area contributed by atoms with Crippen molar-refractivity contribution in [1.29, 1.82) is 0 Å². The molecule has 1 aromatic carbocycles. The number of benzene rings is 1. The van der Waals surface area contributed by atoms with Gasteiger partial charge in [-0.25, -0.2) is 13.1 Å². The van der Waals surface area contributed by atoms with Crippen LogP contribution in [0.2, 0.25) is 0 Å². The van der Waals surface area contributed by atoms with Gasteiger partial charge in [-0.2, -0.15) is 0 Å². The van der Waals surface area contributed by atoms with Crippen LogP contribution in [0.15, 0.2) is 29.2 Å². The van der Waals surface area contributed by atoms with Gasteiger partial charge >= 0.3 is 0 Å². The third kappa shape index (κ3) is 3.40. The summed E-state index contributed by atoms with van der Waals surface area (Å²) in [5, 5.41) is 0. The summed E-state index contributed by atoms with van der Waals surface area (Å²) >= 11 is 0. The van der Waals surface area contributed by atoms with E-state index in [-0.39, 0.29) is 5.41 Å². The molecular formula is C21H31NO2S. The minimum Gasteiger partial charge on any atom is -0.211 e. The molecule has 25 heavy (non-hydrogen) atoms. The number of rotatable bonds is 6. The summed E-state index contributed by atoms with van der Waals surface area (Å²) in [6.07, 6.45) is 8.93. The summed E-state index contributed by atoms with van der Waals surface area (Å²) in [6.45, 7) is 4.96. The van der Waals surface area contributed by atoms with Crippen molar-refractivity contribution in [1.82, 2.24) is 4.72 Å². The van der Waals surface area contributed by atoms with Gasteiger partial charge in [-0.15, -0.1) is 0 Å². The third-order valence-electron chi connectivity index (χ3n) is 7.17. The summed E-state index contributed by atoms with van der Waals surface area (Å²) in [4.78, 5) is 0.407. The van der Waals surface area contributed by atoms with Crippen molar-refractivity contribution in [3.05, 3.63) is 29.8 Å². The molecule has 138 valence electrons. The number of nitrogens with one attached hydrogen (secondary N) is 1. The van der Waals surface area contributed by atoms with Crippen LogP contribution in [0.25, 0.3) is 0 Å². The first kappa shape index (κ1) is 17.5. The maximum Gasteiger partial charge on any atom is 0.240 e. The minimum absolute atomic E-state index is 0.235. The lowest BCUT2D eigenvalue weighted by atomic mass is 9.50. The second-order valence-corrected chi connectivity index (χ2v) is 10.9. The molecule has 3 nitrogen and oxygen atoms in total. The number of sulfonamides is 1. The fraction of sp³-hybridized carbons (Fsp3) is 0.714. The molecule has 1 aromatic rings. The predicted molar refractivity (Wildman–Crippen MR) is 101 cm³/mol. The van der Waals surface area contributed by atoms with Gasteiger partial charge in [0.1, 0.15) is 0 Å². The molecule has 0 radical (unpaired) electrons. The zero-order chi connectivity index (χ0) is 17.7. The minimum atomic E-state index is -3.40. The molecule has 4 bridgehead atoms. The summed E-state index contributed by atoms with van der Waals surface area (Å²) < 4.78 is 28.5. The average molecular weight is 362 g/mol. The van der Waals surface area contributed by atoms with E-state index in [1.54, 1.807) is 12.1 Å². The lowest BCUT2D eigenvalue weighted by molar-refractivity contribution is -0.0487. The van der Waals surface area contributed by atoms with E-state index < -0.39 is 10.0 Å². The highest BCUT2D eigenvalue weighted by Gasteiger charge is 2.50. The highest BCUT2D eigenvalue weighted by Crippen LogP contribution is 2.59. The largest absolute Gasteiger partial charge is 0.240 e. The molecular weight excluding hydrogens is 330 g/mol. The quantitative estimate of drug-likeness (QED) is 0.798. The summed E-state index contributed by atoms with van der Waals surface area (Å²) in [5.74, 6) is 3.03. The van der Waals surface area contributed by atoms with Gasteiger partial charge < -0.3 is 0 Å². The standard InChI is InChI=1S/C21H31NO2S/c1-3-15(2)19-4-6-20(7-5-19)25(23,24)22-14-21-11-16-8-17(12-21)10-18(9-16)13-21/h4-7,15-18,22H,3,8-14H2,1-2H3. The molecule has 1 unspecified atom stereocenters. The first-order valence-corrected chi connectivity index (χ1v) is 11.5. The van der Waals surface area contributed by atoms with E-state index in [1.165, 1.54) is 44.1 Å². The molecule has 4 aliphatic rings. The maximum absolute atomic E-state index is 12.8. The van der Waals surface area contributed by atoms with Gasteiger partial charge in [-0.05, 0) is 91.7 Å². The normalized spacial score (nSPS) is 35.0. The van der Waals surface area contributed by atoms with Crippen molar-refractivity contribution in [3.8, 4) is 0 Å². The molecule has 0 amide bonds. The lowest BCUT2D eigenvalue weighted by Crippen LogP contribution is -2.51. The Hall–Kier alpha value is -0.870. The molecule has 0 spiro atoms. The van der Waals surface area contributed by atoms with Crippen molar-refractivity contribution in [2.24, 2.45) is 23.2 Å². The molecule has 0 heterocycles. The van der Waals surface area contributed by atoms with E-state index >= 15 is 0 Å². The van der Waals surface area contributed by atoms with Crippen LogP contribution in [0.5, 0.6) is 0 Å². The summed E-state index contributed by atoms with van der Waals surface area (Å²) in [6, 6.07) is 7.47. The van der Waals surface area contributed by atoms with E-state index in [0.29, 0.717) is 17.4 Å². The van der Waals surface area contributed by atoms with Gasteiger partial charge in [-0.1, -0.05) is 26.0 Å². The monoisotopic (exact) mass is 361 g/mol. The zero-order valence-electron chi connectivity index (χ0n) is 15.5. The first-order valence-electron chi connectivity index (χ1n) is 9.99. The SMILES string of the molecule is CCC(C)c1ccc(S(=O)(=O)NCC23CC4CC(CC(C4)C2)C3)cc1. The lowest BCUT2D eigenvalue weighted by Gasteiger charge is -2.56. The van der Waals surface area contributed by atoms with Crippen molar-refractivity contribution in [2.45, 2.75) is 69.6 Å². The molecule has 4 aliphatic carbocycles. The van der Waals surface area contributed by atoms with Crippen LogP contribution in [0.1, 0.15) is 70.3 Å². The van der Waals surface area contributed by atoms with Gasteiger partial charge in [0.2, 0.25) is 10.0 Å². The van der Waals surface area contributed by atoms with E-state index in [4.69, 9.17) is 0 Å². The van der Waals surface area contributed by atoms with Crippen LogP contribution in [0.4, 0.5) is 0 Å². The Kier molecular flexibility index (Phi) is 4.48. The predicted octanol–water partition coefficient (Wildman–Crippen LogP) is 4.69. The van der Waals surface area contributed by atoms with E-state index in [9.17, 15) is 8.42 Å². The summed E-state index contributed by atoms with van der Waals surface area (Å²) in [5.41, 5.74) is 1.45. The van der Waals surface area contributed by atoms with Crippen LogP contribution >= 0.6 is 0 Å². The van der Waals surface area contributed by atoms with Gasteiger partial charge in [0.05, 0.1) is 4.90 Å². The first-order chi connectivity index (χ1) is 11.9. The van der Waals surface area contributed by atoms with Crippen LogP contribution in [0.3, 0.4) is 0 Å². The van der Waals surface area contributed by atoms with Crippen molar-refractivity contribution < 1.29 is 8.42 Å².